The van der Waals surface area contributed by atoms with Crippen LogP contribution in [0.3, 0.4) is 0 Å². The highest BCUT2D eigenvalue weighted by Gasteiger charge is 2.46. The number of hydrogen-bond donors (Lipinski definition) is 4. The fourth-order valence-corrected chi connectivity index (χ4v) is 2.60. The van der Waals surface area contributed by atoms with Crippen LogP contribution >= 0.6 is 0 Å². The predicted molar refractivity (Wildman–Crippen MR) is 79.0 cm³/mol. The van der Waals surface area contributed by atoms with Crippen LogP contribution in [0.5, 0.6) is 0 Å². The molecule has 2 aromatic heterocycles. The van der Waals surface area contributed by atoms with E-state index in [1.54, 1.807) is 0 Å². The first-order valence-electron chi connectivity index (χ1n) is 6.73. The van der Waals surface area contributed by atoms with Gasteiger partial charge in [0, 0.05) is 12.3 Å². The van der Waals surface area contributed by atoms with Gasteiger partial charge in [-0.2, -0.15) is 0 Å². The minimum atomic E-state index is -1.40. The van der Waals surface area contributed by atoms with Crippen LogP contribution < -0.4 is 11.2 Å². The Balaban J connectivity index is 2.12. The van der Waals surface area contributed by atoms with Gasteiger partial charge in [-0.05, 0) is 0 Å². The number of terminal acetylenes is 1. The Bertz CT molecular complexity index is 845. The Kier molecular flexibility index (Phi) is 3.75. The van der Waals surface area contributed by atoms with E-state index in [0.29, 0.717) is 0 Å². The van der Waals surface area contributed by atoms with E-state index in [4.69, 9.17) is 16.9 Å². The largest absolute Gasteiger partial charge is 0.387 e. The zero-order valence-corrected chi connectivity index (χ0v) is 11.8. The Morgan fingerprint density at radius 2 is 2.13 bits per heavy atom. The van der Waals surface area contributed by atoms with E-state index in [1.165, 1.54) is 23.2 Å². The maximum absolute atomic E-state index is 11.9. The lowest BCUT2D eigenvalue weighted by molar-refractivity contribution is -0.0673. The molecule has 0 radical (unpaired) electrons. The quantitative estimate of drug-likeness (QED) is 0.465. The summed E-state index contributed by atoms with van der Waals surface area (Å²) in [5.74, 6) is 2.03. The number of pyridine rings is 1. The molecular weight excluding hydrogens is 304 g/mol. The Morgan fingerprint density at radius 3 is 2.83 bits per heavy atom. The number of anilines is 1. The Labute approximate surface area is 130 Å². The van der Waals surface area contributed by atoms with E-state index < -0.39 is 30.6 Å². The molecule has 23 heavy (non-hydrogen) atoms. The number of ether oxygens (including phenoxy) is 1. The summed E-state index contributed by atoms with van der Waals surface area (Å²) in [5.41, 5.74) is 5.45. The van der Waals surface area contributed by atoms with Gasteiger partial charge in [-0.25, -0.2) is 9.97 Å². The van der Waals surface area contributed by atoms with E-state index in [2.05, 4.69) is 9.97 Å². The molecule has 5 atom stereocenters. The number of aromatic nitrogens is 3. The van der Waals surface area contributed by atoms with Crippen molar-refractivity contribution in [1.82, 2.24) is 14.5 Å². The summed E-state index contributed by atoms with van der Waals surface area (Å²) in [6.45, 7) is 0. The number of hydrogen-bond acceptors (Lipinski definition) is 8. The fourth-order valence-electron chi connectivity index (χ4n) is 2.60. The fraction of sp³-hybridized carbons (Fsp3) is 0.357. The van der Waals surface area contributed by atoms with Gasteiger partial charge in [0.05, 0.1) is 0 Å². The van der Waals surface area contributed by atoms with E-state index in [0.717, 1.165) is 0 Å². The molecule has 3 heterocycles. The minimum absolute atomic E-state index is 0.0115. The number of fused-ring (bicyclic) bond motifs is 1. The van der Waals surface area contributed by atoms with Gasteiger partial charge >= 0.3 is 0 Å². The molecular formula is C14H14N4O5. The molecule has 1 fully saturated rings. The molecule has 0 aliphatic carbocycles. The van der Waals surface area contributed by atoms with Crippen molar-refractivity contribution in [2.24, 2.45) is 0 Å². The van der Waals surface area contributed by atoms with Crippen molar-refractivity contribution in [3.05, 3.63) is 28.8 Å². The molecule has 1 aliphatic heterocycles. The number of nitrogen functional groups attached to an aromatic ring is 1. The second-order valence-electron chi connectivity index (χ2n) is 5.13. The number of nitrogens with zero attached hydrogens (tertiary/aromatic N) is 3. The first-order chi connectivity index (χ1) is 11.0. The number of aliphatic hydroxyl groups is 3. The molecule has 9 heteroatoms. The van der Waals surface area contributed by atoms with Crippen molar-refractivity contribution in [2.75, 3.05) is 5.73 Å². The van der Waals surface area contributed by atoms with Crippen LogP contribution in [0.1, 0.15) is 6.23 Å². The summed E-state index contributed by atoms with van der Waals surface area (Å²) in [4.78, 5) is 19.7. The number of rotatable bonds is 2. The highest BCUT2D eigenvalue weighted by molar-refractivity contribution is 5.84. The molecule has 0 spiro atoms. The molecule has 1 aliphatic rings. The lowest BCUT2D eigenvalue weighted by atomic mass is 10.1. The SMILES string of the molecule is C#C[C@H](O)[C@@H]1O[C@H](n2ccc(=O)c3c(N)ncnc32)[C@@H](O)[C@@H]1O. The first-order valence-corrected chi connectivity index (χ1v) is 6.73. The highest BCUT2D eigenvalue weighted by atomic mass is 16.6. The average Bonchev–Trinajstić information content (AvgIpc) is 2.83. The van der Waals surface area contributed by atoms with Crippen LogP contribution in [0.25, 0.3) is 11.0 Å². The first kappa shape index (κ1) is 15.4. The van der Waals surface area contributed by atoms with Crippen molar-refractivity contribution >= 4 is 16.9 Å². The standard InChI is InChI=1S/C14H14N4O5/c1-2-6(19)11-9(21)10(22)14(23-11)18-4-3-7(20)8-12(15)16-5-17-13(8)18/h1,3-6,9-11,14,19,21-22H,(H2,15,16,17)/t6-,9-,10-,11-,14-/m0/s1. The summed E-state index contributed by atoms with van der Waals surface area (Å²) in [5, 5.41) is 29.9. The van der Waals surface area contributed by atoms with E-state index in [9.17, 15) is 20.1 Å². The van der Waals surface area contributed by atoms with Gasteiger partial charge in [0.15, 0.2) is 17.3 Å². The van der Waals surface area contributed by atoms with E-state index in [-0.39, 0.29) is 22.3 Å². The topological polar surface area (TPSA) is 144 Å². The van der Waals surface area contributed by atoms with Crippen LogP contribution in [-0.4, -0.2) is 54.3 Å². The number of aliphatic hydroxyl groups excluding tert-OH is 3. The molecule has 2 aromatic rings. The second-order valence-corrected chi connectivity index (χ2v) is 5.13. The third-order valence-corrected chi connectivity index (χ3v) is 3.77. The van der Waals surface area contributed by atoms with Gasteiger partial charge in [0.1, 0.15) is 41.9 Å². The Morgan fingerprint density at radius 1 is 1.39 bits per heavy atom. The highest BCUT2D eigenvalue weighted by Crippen LogP contribution is 2.32. The maximum atomic E-state index is 11.9. The second kappa shape index (κ2) is 5.60. The van der Waals surface area contributed by atoms with E-state index >= 15 is 0 Å². The van der Waals surface area contributed by atoms with Gasteiger partial charge < -0.3 is 30.4 Å². The molecule has 3 rings (SSSR count). The monoisotopic (exact) mass is 318 g/mol. The predicted octanol–water partition coefficient (Wildman–Crippen LogP) is -2.01. The summed E-state index contributed by atoms with van der Waals surface area (Å²) in [6, 6.07) is 1.22. The maximum Gasteiger partial charge on any atom is 0.194 e. The van der Waals surface area contributed by atoms with Gasteiger partial charge in [0.25, 0.3) is 0 Å². The van der Waals surface area contributed by atoms with Crippen molar-refractivity contribution in [1.29, 1.82) is 0 Å². The van der Waals surface area contributed by atoms with Gasteiger partial charge in [0.2, 0.25) is 0 Å². The van der Waals surface area contributed by atoms with Crippen molar-refractivity contribution < 1.29 is 20.1 Å². The van der Waals surface area contributed by atoms with Crippen molar-refractivity contribution in [3.63, 3.8) is 0 Å². The van der Waals surface area contributed by atoms with Gasteiger partial charge in [-0.3, -0.25) is 4.79 Å². The molecule has 5 N–H and O–H groups in total. The summed E-state index contributed by atoms with van der Waals surface area (Å²) < 4.78 is 6.82. The average molecular weight is 318 g/mol. The molecule has 120 valence electrons. The van der Waals surface area contributed by atoms with Crippen LogP contribution in [0.2, 0.25) is 0 Å². The third kappa shape index (κ3) is 2.34. The zero-order valence-electron chi connectivity index (χ0n) is 11.8. The summed E-state index contributed by atoms with van der Waals surface area (Å²) >= 11 is 0. The molecule has 0 amide bonds. The van der Waals surface area contributed by atoms with Gasteiger partial charge in [-0.15, -0.1) is 6.42 Å². The van der Waals surface area contributed by atoms with Gasteiger partial charge in [-0.1, -0.05) is 5.92 Å². The third-order valence-electron chi connectivity index (χ3n) is 3.77. The lowest BCUT2D eigenvalue weighted by Gasteiger charge is -2.20. The molecule has 9 nitrogen and oxygen atoms in total. The number of nitrogens with two attached hydrogens (primary N) is 1. The van der Waals surface area contributed by atoms with Crippen LogP contribution in [0.4, 0.5) is 5.82 Å². The van der Waals surface area contributed by atoms with Crippen LogP contribution in [0, 0.1) is 12.3 Å². The van der Waals surface area contributed by atoms with Crippen molar-refractivity contribution in [2.45, 2.75) is 30.6 Å². The molecule has 0 saturated carbocycles. The Hall–Kier alpha value is -2.51. The van der Waals surface area contributed by atoms with E-state index in [1.807, 2.05) is 5.92 Å². The summed E-state index contributed by atoms with van der Waals surface area (Å²) in [7, 11) is 0. The molecule has 0 unspecified atom stereocenters. The smallest absolute Gasteiger partial charge is 0.194 e. The van der Waals surface area contributed by atoms with Crippen LogP contribution in [-0.2, 0) is 4.74 Å². The van der Waals surface area contributed by atoms with Crippen LogP contribution in [0.15, 0.2) is 23.4 Å². The molecule has 1 saturated heterocycles. The zero-order chi connectivity index (χ0) is 16.7. The van der Waals surface area contributed by atoms with Crippen molar-refractivity contribution in [3.8, 4) is 12.3 Å². The lowest BCUT2D eigenvalue weighted by Crippen LogP contribution is -2.37. The molecule has 0 bridgehead atoms. The normalized spacial score (nSPS) is 28.6. The minimum Gasteiger partial charge on any atom is -0.387 e. The molecule has 0 aromatic carbocycles. The summed E-state index contributed by atoms with van der Waals surface area (Å²) in [6.07, 6.45) is 1.18.